The summed E-state index contributed by atoms with van der Waals surface area (Å²) in [6.45, 7) is 4.35. The molecular weight excluding hydrogens is 289 g/mol. The van der Waals surface area contributed by atoms with Crippen LogP contribution in [0.15, 0.2) is 42.5 Å². The second-order valence-corrected chi connectivity index (χ2v) is 5.17. The van der Waals surface area contributed by atoms with Crippen molar-refractivity contribution in [2.45, 2.75) is 26.3 Å². The van der Waals surface area contributed by atoms with Gasteiger partial charge in [-0.25, -0.2) is 4.39 Å². The normalized spacial score (nSPS) is 12.0. The molecule has 4 heteroatoms. The van der Waals surface area contributed by atoms with Crippen molar-refractivity contribution >= 4 is 17.3 Å². The average molecular weight is 308 g/mol. The van der Waals surface area contributed by atoms with Gasteiger partial charge in [0.25, 0.3) is 0 Å². The average Bonchev–Trinajstić information content (AvgIpc) is 2.47. The Morgan fingerprint density at radius 3 is 2.62 bits per heavy atom. The largest absolute Gasteiger partial charge is 0.491 e. The van der Waals surface area contributed by atoms with Gasteiger partial charge in [-0.3, -0.25) is 0 Å². The molecule has 0 aliphatic rings. The molecule has 112 valence electrons. The van der Waals surface area contributed by atoms with E-state index in [1.807, 2.05) is 37.3 Å². The monoisotopic (exact) mass is 307 g/mol. The van der Waals surface area contributed by atoms with Crippen LogP contribution in [0.3, 0.4) is 0 Å². The summed E-state index contributed by atoms with van der Waals surface area (Å²) in [4.78, 5) is 0. The van der Waals surface area contributed by atoms with Gasteiger partial charge in [-0.05, 0) is 43.2 Å². The smallest absolute Gasteiger partial charge is 0.167 e. The summed E-state index contributed by atoms with van der Waals surface area (Å²) >= 11 is 6.03. The van der Waals surface area contributed by atoms with Crippen molar-refractivity contribution in [3.63, 3.8) is 0 Å². The van der Waals surface area contributed by atoms with Gasteiger partial charge in [-0.1, -0.05) is 30.7 Å². The lowest BCUT2D eigenvalue weighted by Gasteiger charge is -2.19. The molecule has 1 atom stereocenters. The number of hydrogen-bond acceptors (Lipinski definition) is 2. The minimum absolute atomic E-state index is 0.0843. The van der Waals surface area contributed by atoms with Crippen LogP contribution in [0, 0.1) is 5.82 Å². The Hall–Kier alpha value is -1.74. The number of nitrogens with one attached hydrogen (secondary N) is 1. The summed E-state index contributed by atoms with van der Waals surface area (Å²) in [6, 6.07) is 12.7. The summed E-state index contributed by atoms with van der Waals surface area (Å²) in [5, 5.41) is 4.03. The van der Waals surface area contributed by atoms with Gasteiger partial charge in [0.1, 0.15) is 0 Å². The molecule has 2 aromatic rings. The molecular formula is C17H19ClFNO. The van der Waals surface area contributed by atoms with Crippen LogP contribution in [0.5, 0.6) is 5.75 Å². The van der Waals surface area contributed by atoms with E-state index >= 15 is 0 Å². The zero-order valence-corrected chi connectivity index (χ0v) is 13.0. The van der Waals surface area contributed by atoms with Crippen LogP contribution in [-0.2, 0) is 0 Å². The third-order valence-corrected chi connectivity index (χ3v) is 3.47. The van der Waals surface area contributed by atoms with Gasteiger partial charge in [-0.2, -0.15) is 0 Å². The third kappa shape index (κ3) is 4.11. The van der Waals surface area contributed by atoms with E-state index in [2.05, 4.69) is 12.2 Å². The summed E-state index contributed by atoms with van der Waals surface area (Å²) in [5.41, 5.74) is 1.81. The molecule has 0 aromatic heterocycles. The Labute approximate surface area is 129 Å². The highest BCUT2D eigenvalue weighted by molar-refractivity contribution is 6.30. The summed E-state index contributed by atoms with van der Waals surface area (Å²) in [7, 11) is 0. The summed E-state index contributed by atoms with van der Waals surface area (Å²) in [6.07, 6.45) is 0.870. The number of anilines is 1. The van der Waals surface area contributed by atoms with Gasteiger partial charge in [0.2, 0.25) is 0 Å². The van der Waals surface area contributed by atoms with Gasteiger partial charge in [0.15, 0.2) is 11.6 Å². The van der Waals surface area contributed by atoms with E-state index < -0.39 is 0 Å². The van der Waals surface area contributed by atoms with E-state index in [-0.39, 0.29) is 17.6 Å². The topological polar surface area (TPSA) is 21.3 Å². The molecule has 2 rings (SSSR count). The van der Waals surface area contributed by atoms with Crippen LogP contribution in [0.4, 0.5) is 10.1 Å². The lowest BCUT2D eigenvalue weighted by atomic mass is 10.0. The van der Waals surface area contributed by atoms with Crippen molar-refractivity contribution in [3.05, 3.63) is 58.9 Å². The third-order valence-electron chi connectivity index (χ3n) is 3.23. The fourth-order valence-corrected chi connectivity index (χ4v) is 2.41. The molecule has 2 aromatic carbocycles. The van der Waals surface area contributed by atoms with Gasteiger partial charge in [0, 0.05) is 16.8 Å². The fourth-order valence-electron chi connectivity index (χ4n) is 2.21. The molecule has 1 unspecified atom stereocenters. The number of hydrogen-bond donors (Lipinski definition) is 1. The predicted octanol–water partition coefficient (Wildman–Crippen LogP) is 5.44. The van der Waals surface area contributed by atoms with E-state index in [1.165, 1.54) is 6.07 Å². The van der Waals surface area contributed by atoms with Crippen LogP contribution in [-0.4, -0.2) is 6.61 Å². The highest BCUT2D eigenvalue weighted by Gasteiger charge is 2.11. The fraction of sp³-hybridized carbons (Fsp3) is 0.294. The molecule has 0 heterocycles. The quantitative estimate of drug-likeness (QED) is 0.767. The molecule has 21 heavy (non-hydrogen) atoms. The highest BCUT2D eigenvalue weighted by atomic mass is 35.5. The number of benzene rings is 2. The molecule has 0 aliphatic heterocycles. The molecule has 2 nitrogen and oxygen atoms in total. The Bertz CT molecular complexity index is 603. The zero-order valence-electron chi connectivity index (χ0n) is 12.2. The van der Waals surface area contributed by atoms with Crippen molar-refractivity contribution in [2.24, 2.45) is 0 Å². The maximum atomic E-state index is 13.9. The Morgan fingerprint density at radius 1 is 1.19 bits per heavy atom. The van der Waals surface area contributed by atoms with E-state index in [0.29, 0.717) is 11.6 Å². The van der Waals surface area contributed by atoms with Crippen molar-refractivity contribution in [1.82, 2.24) is 0 Å². The maximum absolute atomic E-state index is 13.9. The first kappa shape index (κ1) is 15.6. The molecule has 0 fully saturated rings. The van der Waals surface area contributed by atoms with Crippen molar-refractivity contribution in [2.75, 3.05) is 11.9 Å². The number of halogens is 2. The summed E-state index contributed by atoms with van der Waals surface area (Å²) < 4.78 is 19.1. The van der Waals surface area contributed by atoms with Gasteiger partial charge >= 0.3 is 0 Å². The van der Waals surface area contributed by atoms with Crippen LogP contribution >= 0.6 is 11.6 Å². The minimum Gasteiger partial charge on any atom is -0.491 e. The molecule has 0 saturated heterocycles. The first-order valence-electron chi connectivity index (χ1n) is 7.08. The molecule has 0 radical (unpaired) electrons. The van der Waals surface area contributed by atoms with Gasteiger partial charge in [-0.15, -0.1) is 0 Å². The SMILES string of the molecule is CCOc1ccc(NC(CC)c2cccc(Cl)c2)cc1F. The van der Waals surface area contributed by atoms with Crippen molar-refractivity contribution in [3.8, 4) is 5.75 Å². The second kappa shape index (κ2) is 7.32. The molecule has 0 aliphatic carbocycles. The molecule has 0 amide bonds. The molecule has 1 N–H and O–H groups in total. The zero-order chi connectivity index (χ0) is 15.2. The standard InChI is InChI=1S/C17H19ClFNO/c1-3-16(12-6-5-7-13(18)10-12)20-14-8-9-17(21-4-2)15(19)11-14/h5-11,16,20H,3-4H2,1-2H3. The van der Waals surface area contributed by atoms with Crippen LogP contribution in [0.25, 0.3) is 0 Å². The first-order valence-corrected chi connectivity index (χ1v) is 7.46. The first-order chi connectivity index (χ1) is 10.1. The van der Waals surface area contributed by atoms with Gasteiger partial charge in [0.05, 0.1) is 12.6 Å². The van der Waals surface area contributed by atoms with E-state index in [9.17, 15) is 4.39 Å². The number of rotatable bonds is 6. The molecule has 0 saturated carbocycles. The minimum atomic E-state index is -0.359. The Morgan fingerprint density at radius 2 is 2.00 bits per heavy atom. The number of ether oxygens (including phenoxy) is 1. The van der Waals surface area contributed by atoms with Crippen LogP contribution < -0.4 is 10.1 Å². The maximum Gasteiger partial charge on any atom is 0.167 e. The van der Waals surface area contributed by atoms with Gasteiger partial charge < -0.3 is 10.1 Å². The van der Waals surface area contributed by atoms with Crippen LogP contribution in [0.1, 0.15) is 31.9 Å². The highest BCUT2D eigenvalue weighted by Crippen LogP contribution is 2.27. The van der Waals surface area contributed by atoms with E-state index in [4.69, 9.17) is 16.3 Å². The molecule has 0 spiro atoms. The predicted molar refractivity (Wildman–Crippen MR) is 85.7 cm³/mol. The van der Waals surface area contributed by atoms with Crippen LogP contribution in [0.2, 0.25) is 5.02 Å². The van der Waals surface area contributed by atoms with E-state index in [0.717, 1.165) is 17.7 Å². The lowest BCUT2D eigenvalue weighted by Crippen LogP contribution is -2.10. The summed E-state index contributed by atoms with van der Waals surface area (Å²) in [5.74, 6) is -0.0818. The van der Waals surface area contributed by atoms with E-state index in [1.54, 1.807) is 6.07 Å². The second-order valence-electron chi connectivity index (χ2n) is 4.74. The Kier molecular flexibility index (Phi) is 5.45. The molecule has 0 bridgehead atoms. The van der Waals surface area contributed by atoms with Crippen molar-refractivity contribution < 1.29 is 9.13 Å². The van der Waals surface area contributed by atoms with Crippen molar-refractivity contribution in [1.29, 1.82) is 0 Å². The lowest BCUT2D eigenvalue weighted by molar-refractivity contribution is 0.321. The Balaban J connectivity index is 2.17.